The van der Waals surface area contributed by atoms with E-state index in [4.69, 9.17) is 0 Å². The molecule has 1 aromatic heterocycles. The van der Waals surface area contributed by atoms with Crippen molar-refractivity contribution in [2.75, 3.05) is 18.1 Å². The molecule has 1 unspecified atom stereocenters. The molecule has 1 N–H and O–H groups in total. The number of aromatic nitrogens is 4. The fraction of sp³-hybridized carbons (Fsp3) is 0.909. The van der Waals surface area contributed by atoms with E-state index in [1.54, 1.807) is 7.05 Å². The first-order chi connectivity index (χ1) is 8.11. The van der Waals surface area contributed by atoms with E-state index >= 15 is 0 Å². The summed E-state index contributed by atoms with van der Waals surface area (Å²) in [4.78, 5) is 1.51. The van der Waals surface area contributed by atoms with Crippen LogP contribution < -0.4 is 5.32 Å². The summed E-state index contributed by atoms with van der Waals surface area (Å²) in [6.07, 6.45) is 0.854. The largest absolute Gasteiger partial charge is 0.313 e. The normalized spacial score (nSPS) is 13.2. The third kappa shape index (κ3) is 6.02. The number of thioether (sulfide) groups is 1. The zero-order valence-electron chi connectivity index (χ0n) is 11.2. The van der Waals surface area contributed by atoms with Crippen molar-refractivity contribution in [1.29, 1.82) is 0 Å². The molecule has 0 bridgehead atoms. The van der Waals surface area contributed by atoms with E-state index in [0.29, 0.717) is 6.04 Å². The molecule has 0 aliphatic heterocycles. The summed E-state index contributed by atoms with van der Waals surface area (Å²) in [6, 6.07) is 0.438. The first-order valence-electron chi connectivity index (χ1n) is 6.15. The highest BCUT2D eigenvalue weighted by molar-refractivity contribution is 7.99. The van der Waals surface area contributed by atoms with Gasteiger partial charge in [-0.05, 0) is 23.4 Å². The highest BCUT2D eigenvalue weighted by Crippen LogP contribution is 2.10. The molecule has 0 saturated carbocycles. The van der Waals surface area contributed by atoms with Crippen LogP contribution in [0.3, 0.4) is 0 Å². The molecule has 98 valence electrons. The zero-order chi connectivity index (χ0) is 12.7. The third-order valence-electron chi connectivity index (χ3n) is 2.24. The van der Waals surface area contributed by atoms with E-state index in [1.807, 2.05) is 11.8 Å². The lowest BCUT2D eigenvalue weighted by Gasteiger charge is -2.16. The SMILES string of the molecule is CCNC(CSCC(C)C)Cc1nnn(C)n1. The molecular weight excluding hydrogens is 234 g/mol. The maximum atomic E-state index is 4.22. The van der Waals surface area contributed by atoms with Gasteiger partial charge in [-0.1, -0.05) is 20.8 Å². The van der Waals surface area contributed by atoms with Crippen molar-refractivity contribution >= 4 is 11.8 Å². The zero-order valence-corrected chi connectivity index (χ0v) is 12.0. The molecule has 0 aromatic carbocycles. The number of nitrogens with zero attached hydrogens (tertiary/aromatic N) is 4. The fourth-order valence-corrected chi connectivity index (χ4v) is 2.68. The van der Waals surface area contributed by atoms with E-state index in [0.717, 1.165) is 30.5 Å². The van der Waals surface area contributed by atoms with E-state index in [-0.39, 0.29) is 0 Å². The van der Waals surface area contributed by atoms with Gasteiger partial charge in [0, 0.05) is 18.2 Å². The second-order valence-electron chi connectivity index (χ2n) is 4.59. The molecule has 0 saturated heterocycles. The lowest BCUT2D eigenvalue weighted by atomic mass is 10.2. The number of aryl methyl sites for hydroxylation is 1. The molecule has 0 fully saturated rings. The molecule has 6 heteroatoms. The summed E-state index contributed by atoms with van der Waals surface area (Å²) in [5, 5.41) is 15.6. The van der Waals surface area contributed by atoms with Crippen molar-refractivity contribution < 1.29 is 0 Å². The Balaban J connectivity index is 2.37. The highest BCUT2D eigenvalue weighted by Gasteiger charge is 2.12. The first kappa shape index (κ1) is 14.4. The van der Waals surface area contributed by atoms with Crippen LogP contribution in [0, 0.1) is 5.92 Å². The van der Waals surface area contributed by atoms with Gasteiger partial charge < -0.3 is 5.32 Å². The lowest BCUT2D eigenvalue weighted by Crippen LogP contribution is -2.33. The number of hydrogen-bond donors (Lipinski definition) is 1. The molecule has 1 aromatic rings. The molecule has 1 heterocycles. The van der Waals surface area contributed by atoms with Crippen molar-refractivity contribution in [2.45, 2.75) is 33.2 Å². The quantitative estimate of drug-likeness (QED) is 0.756. The smallest absolute Gasteiger partial charge is 0.176 e. The molecule has 5 nitrogen and oxygen atoms in total. The number of hydrogen-bond acceptors (Lipinski definition) is 5. The average molecular weight is 257 g/mol. The van der Waals surface area contributed by atoms with Crippen LogP contribution in [-0.2, 0) is 13.5 Å². The van der Waals surface area contributed by atoms with Gasteiger partial charge in [0.15, 0.2) is 5.82 Å². The van der Waals surface area contributed by atoms with Gasteiger partial charge in [0.25, 0.3) is 0 Å². The van der Waals surface area contributed by atoms with Crippen LogP contribution in [0.2, 0.25) is 0 Å². The van der Waals surface area contributed by atoms with Crippen LogP contribution in [-0.4, -0.2) is 44.3 Å². The van der Waals surface area contributed by atoms with Gasteiger partial charge in [0.05, 0.1) is 7.05 Å². The van der Waals surface area contributed by atoms with E-state index in [9.17, 15) is 0 Å². The molecule has 0 spiro atoms. The summed E-state index contributed by atoms with van der Waals surface area (Å²) >= 11 is 1.99. The van der Waals surface area contributed by atoms with Gasteiger partial charge in [-0.25, -0.2) is 0 Å². The predicted molar refractivity (Wildman–Crippen MR) is 72.1 cm³/mol. The monoisotopic (exact) mass is 257 g/mol. The van der Waals surface area contributed by atoms with Crippen LogP contribution in [0.4, 0.5) is 0 Å². The van der Waals surface area contributed by atoms with Gasteiger partial charge in [0.1, 0.15) is 0 Å². The van der Waals surface area contributed by atoms with Crippen molar-refractivity contribution in [3.63, 3.8) is 0 Å². The van der Waals surface area contributed by atoms with Gasteiger partial charge in [-0.2, -0.15) is 16.6 Å². The Hall–Kier alpha value is -0.620. The van der Waals surface area contributed by atoms with Crippen LogP contribution >= 0.6 is 11.8 Å². The Labute approximate surface area is 108 Å². The summed E-state index contributed by atoms with van der Waals surface area (Å²) < 4.78 is 0. The minimum absolute atomic E-state index is 0.438. The van der Waals surface area contributed by atoms with Crippen molar-refractivity contribution in [3.8, 4) is 0 Å². The maximum Gasteiger partial charge on any atom is 0.176 e. The number of rotatable bonds is 8. The van der Waals surface area contributed by atoms with E-state index < -0.39 is 0 Å². The van der Waals surface area contributed by atoms with Gasteiger partial charge in [-0.15, -0.1) is 10.2 Å². The lowest BCUT2D eigenvalue weighted by molar-refractivity contribution is 0.555. The van der Waals surface area contributed by atoms with Gasteiger partial charge in [0.2, 0.25) is 0 Å². The molecule has 0 radical (unpaired) electrons. The second kappa shape index (κ2) is 7.66. The second-order valence-corrected chi connectivity index (χ2v) is 5.66. The topological polar surface area (TPSA) is 55.6 Å². The van der Waals surface area contributed by atoms with Crippen LogP contribution in [0.1, 0.15) is 26.6 Å². The average Bonchev–Trinajstić information content (AvgIpc) is 2.63. The number of tetrazole rings is 1. The van der Waals surface area contributed by atoms with Crippen molar-refractivity contribution in [2.24, 2.45) is 13.0 Å². The Bertz CT molecular complexity index is 313. The molecule has 0 aliphatic rings. The van der Waals surface area contributed by atoms with Crippen LogP contribution in [0.5, 0.6) is 0 Å². The number of nitrogens with one attached hydrogen (secondary N) is 1. The Morgan fingerprint density at radius 3 is 2.65 bits per heavy atom. The third-order valence-corrected chi connectivity index (χ3v) is 3.78. The van der Waals surface area contributed by atoms with Gasteiger partial charge >= 0.3 is 0 Å². The van der Waals surface area contributed by atoms with Gasteiger partial charge in [-0.3, -0.25) is 0 Å². The van der Waals surface area contributed by atoms with Crippen molar-refractivity contribution in [3.05, 3.63) is 5.82 Å². The minimum atomic E-state index is 0.438. The molecular formula is C11H23N5S. The summed E-state index contributed by atoms with van der Waals surface area (Å²) in [6.45, 7) is 7.61. The summed E-state index contributed by atoms with van der Waals surface area (Å²) in [5.74, 6) is 3.88. The Kier molecular flexibility index (Phi) is 6.50. The Morgan fingerprint density at radius 2 is 2.12 bits per heavy atom. The van der Waals surface area contributed by atoms with Crippen LogP contribution in [0.25, 0.3) is 0 Å². The predicted octanol–water partition coefficient (Wildman–Crippen LogP) is 1.12. The summed E-state index contributed by atoms with van der Waals surface area (Å²) in [5.41, 5.74) is 0. The molecule has 0 amide bonds. The molecule has 0 aliphatic carbocycles. The highest BCUT2D eigenvalue weighted by atomic mass is 32.2. The first-order valence-corrected chi connectivity index (χ1v) is 7.31. The van der Waals surface area contributed by atoms with E-state index in [2.05, 4.69) is 41.5 Å². The standard InChI is InChI=1S/C11H23N5S/c1-5-12-10(8-17-7-9(2)3)6-11-13-15-16(4)14-11/h9-10,12H,5-8H2,1-4H3. The molecule has 1 rings (SSSR count). The Morgan fingerprint density at radius 1 is 1.35 bits per heavy atom. The maximum absolute atomic E-state index is 4.22. The summed E-state index contributed by atoms with van der Waals surface area (Å²) in [7, 11) is 1.80. The number of likely N-dealkylation sites (N-methyl/N-ethyl adjacent to an activating group) is 1. The molecule has 1 atom stereocenters. The minimum Gasteiger partial charge on any atom is -0.313 e. The molecule has 17 heavy (non-hydrogen) atoms. The van der Waals surface area contributed by atoms with E-state index in [1.165, 1.54) is 10.5 Å². The van der Waals surface area contributed by atoms with Crippen molar-refractivity contribution in [1.82, 2.24) is 25.5 Å². The van der Waals surface area contributed by atoms with Crippen LogP contribution in [0.15, 0.2) is 0 Å². The fourth-order valence-electron chi connectivity index (χ4n) is 1.55.